The molecule has 6 heteroatoms. The molecule has 5 rings (SSSR count). The van der Waals surface area contributed by atoms with Crippen LogP contribution in [0, 0.1) is 5.82 Å². The van der Waals surface area contributed by atoms with Gasteiger partial charge in [-0.3, -0.25) is 4.79 Å². The highest BCUT2D eigenvalue weighted by molar-refractivity contribution is 9.10. The summed E-state index contributed by atoms with van der Waals surface area (Å²) in [6, 6.07) is 13.3. The molecule has 0 bridgehead atoms. The summed E-state index contributed by atoms with van der Waals surface area (Å²) < 4.78 is 18.3. The number of hydrogen-bond donors (Lipinski definition) is 0. The van der Waals surface area contributed by atoms with Crippen molar-refractivity contribution in [3.8, 4) is 0 Å². The summed E-state index contributed by atoms with van der Waals surface area (Å²) in [5, 5.41) is 0.680. The lowest BCUT2D eigenvalue weighted by molar-refractivity contribution is 0.622. The molecule has 0 atom stereocenters. The normalized spacial score (nSPS) is 14.4. The maximum atomic E-state index is 14.2. The predicted octanol–water partition coefficient (Wildman–Crippen LogP) is 4.64. The second kappa shape index (κ2) is 5.77. The van der Waals surface area contributed by atoms with E-state index in [2.05, 4.69) is 20.9 Å². The van der Waals surface area contributed by atoms with Crippen molar-refractivity contribution in [2.24, 2.45) is 0 Å². The lowest BCUT2D eigenvalue weighted by Crippen LogP contribution is -2.22. The summed E-state index contributed by atoms with van der Waals surface area (Å²) in [5.41, 5.74) is 2.87. The predicted molar refractivity (Wildman–Crippen MR) is 103 cm³/mol. The van der Waals surface area contributed by atoms with Gasteiger partial charge in [0.1, 0.15) is 16.9 Å². The number of hydrogen-bond acceptors (Lipinski definition) is 2. The minimum atomic E-state index is -0.350. The summed E-state index contributed by atoms with van der Waals surface area (Å²) in [4.78, 5) is 17.7. The molecule has 2 heterocycles. The third kappa shape index (κ3) is 2.40. The first-order valence-electron chi connectivity index (χ1n) is 8.55. The van der Waals surface area contributed by atoms with Crippen molar-refractivity contribution in [1.82, 2.24) is 14.1 Å². The number of pyridine rings is 1. The van der Waals surface area contributed by atoms with Gasteiger partial charge in [0.2, 0.25) is 0 Å². The van der Waals surface area contributed by atoms with E-state index < -0.39 is 0 Å². The van der Waals surface area contributed by atoms with E-state index >= 15 is 0 Å². The molecule has 1 aliphatic carbocycles. The first kappa shape index (κ1) is 15.8. The molecule has 4 aromatic rings. The van der Waals surface area contributed by atoms with Crippen LogP contribution in [-0.2, 0) is 6.54 Å². The zero-order chi connectivity index (χ0) is 17.8. The largest absolute Gasteiger partial charge is 0.322 e. The SMILES string of the molecule is O=c1c2c(ncn2Cc2ccccc2)c2cc(F)c(Br)cc2n1C1CC1. The van der Waals surface area contributed by atoms with Gasteiger partial charge in [-0.15, -0.1) is 0 Å². The zero-order valence-corrected chi connectivity index (χ0v) is 15.4. The molecular formula is C20H15BrFN3O. The van der Waals surface area contributed by atoms with Crippen LogP contribution in [-0.4, -0.2) is 14.1 Å². The van der Waals surface area contributed by atoms with Gasteiger partial charge in [0.15, 0.2) is 0 Å². The van der Waals surface area contributed by atoms with Gasteiger partial charge in [-0.05, 0) is 46.5 Å². The number of fused-ring (bicyclic) bond motifs is 3. The molecule has 0 radical (unpaired) electrons. The van der Waals surface area contributed by atoms with E-state index in [0.717, 1.165) is 23.9 Å². The lowest BCUT2D eigenvalue weighted by Gasteiger charge is -2.12. The van der Waals surface area contributed by atoms with Gasteiger partial charge in [0.05, 0.1) is 16.3 Å². The molecular weight excluding hydrogens is 397 g/mol. The van der Waals surface area contributed by atoms with Crippen molar-refractivity contribution in [2.75, 3.05) is 0 Å². The Morgan fingerprint density at radius 2 is 1.96 bits per heavy atom. The van der Waals surface area contributed by atoms with Crippen LogP contribution in [0.1, 0.15) is 24.4 Å². The Kier molecular flexibility index (Phi) is 3.50. The number of aromatic nitrogens is 3. The molecule has 0 aliphatic heterocycles. The van der Waals surface area contributed by atoms with Crippen LogP contribution < -0.4 is 5.56 Å². The second-order valence-electron chi connectivity index (χ2n) is 6.75. The Labute approximate surface area is 157 Å². The van der Waals surface area contributed by atoms with E-state index in [1.54, 1.807) is 12.4 Å². The molecule has 0 spiro atoms. The minimum absolute atomic E-state index is 0.0538. The Morgan fingerprint density at radius 3 is 2.69 bits per heavy atom. The van der Waals surface area contributed by atoms with Crippen LogP contribution in [0.3, 0.4) is 0 Å². The highest BCUT2D eigenvalue weighted by Crippen LogP contribution is 2.38. The maximum Gasteiger partial charge on any atom is 0.277 e. The Hall–Kier alpha value is -2.47. The average molecular weight is 412 g/mol. The lowest BCUT2D eigenvalue weighted by atomic mass is 10.1. The van der Waals surface area contributed by atoms with Crippen LogP contribution in [0.25, 0.3) is 21.9 Å². The summed E-state index contributed by atoms with van der Waals surface area (Å²) in [5.74, 6) is -0.350. The standard InChI is InChI=1S/C20H15BrFN3O/c21-15-9-17-14(8-16(15)22)18-19(20(26)25(17)13-6-7-13)24(11-23-18)10-12-4-2-1-3-5-12/h1-5,8-9,11,13H,6-7,10H2. The number of benzene rings is 2. The summed E-state index contributed by atoms with van der Waals surface area (Å²) >= 11 is 3.24. The van der Waals surface area contributed by atoms with Crippen molar-refractivity contribution >= 4 is 37.9 Å². The molecule has 26 heavy (non-hydrogen) atoms. The topological polar surface area (TPSA) is 39.8 Å². The molecule has 0 amide bonds. The van der Waals surface area contributed by atoms with E-state index in [0.29, 0.717) is 27.4 Å². The number of halogens is 2. The first-order chi connectivity index (χ1) is 12.6. The quantitative estimate of drug-likeness (QED) is 0.492. The van der Waals surface area contributed by atoms with Crippen molar-refractivity contribution in [1.29, 1.82) is 0 Å². The van der Waals surface area contributed by atoms with Crippen LogP contribution in [0.4, 0.5) is 4.39 Å². The van der Waals surface area contributed by atoms with Gasteiger partial charge < -0.3 is 9.13 Å². The molecule has 1 saturated carbocycles. The van der Waals surface area contributed by atoms with Crippen LogP contribution in [0.5, 0.6) is 0 Å². The third-order valence-electron chi connectivity index (χ3n) is 4.92. The summed E-state index contributed by atoms with van der Waals surface area (Å²) in [6.07, 6.45) is 3.63. The molecule has 0 saturated heterocycles. The van der Waals surface area contributed by atoms with Crippen LogP contribution >= 0.6 is 15.9 Å². The van der Waals surface area contributed by atoms with Gasteiger partial charge in [0.25, 0.3) is 5.56 Å². The minimum Gasteiger partial charge on any atom is -0.322 e. The van der Waals surface area contributed by atoms with E-state index in [9.17, 15) is 9.18 Å². The Balaban J connectivity index is 1.83. The second-order valence-corrected chi connectivity index (χ2v) is 7.60. The molecule has 2 aromatic carbocycles. The van der Waals surface area contributed by atoms with Gasteiger partial charge in [0, 0.05) is 18.0 Å². The molecule has 130 valence electrons. The van der Waals surface area contributed by atoms with E-state index in [4.69, 9.17) is 0 Å². The summed E-state index contributed by atoms with van der Waals surface area (Å²) in [6.45, 7) is 0.557. The fourth-order valence-electron chi connectivity index (χ4n) is 3.55. The Bertz CT molecular complexity index is 1210. The van der Waals surface area contributed by atoms with Crippen LogP contribution in [0.15, 0.2) is 58.1 Å². The highest BCUT2D eigenvalue weighted by atomic mass is 79.9. The number of nitrogens with zero attached hydrogens (tertiary/aromatic N) is 3. The van der Waals surface area contributed by atoms with Crippen LogP contribution in [0.2, 0.25) is 0 Å². The first-order valence-corrected chi connectivity index (χ1v) is 9.35. The average Bonchev–Trinajstić information content (AvgIpc) is 3.38. The molecule has 0 unspecified atom stereocenters. The van der Waals surface area contributed by atoms with Gasteiger partial charge >= 0.3 is 0 Å². The van der Waals surface area contributed by atoms with Crippen molar-refractivity contribution in [3.05, 3.63) is 75.0 Å². The van der Waals surface area contributed by atoms with Crippen molar-refractivity contribution in [2.45, 2.75) is 25.4 Å². The van der Waals surface area contributed by atoms with Gasteiger partial charge in [-0.1, -0.05) is 30.3 Å². The third-order valence-corrected chi connectivity index (χ3v) is 5.53. The Morgan fingerprint density at radius 1 is 1.19 bits per heavy atom. The van der Waals surface area contributed by atoms with E-state index in [-0.39, 0.29) is 17.4 Å². The fourth-order valence-corrected chi connectivity index (χ4v) is 3.88. The maximum absolute atomic E-state index is 14.2. The molecule has 1 fully saturated rings. The molecule has 2 aromatic heterocycles. The molecule has 1 aliphatic rings. The van der Waals surface area contributed by atoms with Gasteiger partial charge in [-0.2, -0.15) is 0 Å². The van der Waals surface area contributed by atoms with Crippen molar-refractivity contribution in [3.63, 3.8) is 0 Å². The molecule has 0 N–H and O–H groups in total. The van der Waals surface area contributed by atoms with E-state index in [1.165, 1.54) is 6.07 Å². The summed E-state index contributed by atoms with van der Waals surface area (Å²) in [7, 11) is 0. The number of imidazole rings is 1. The van der Waals surface area contributed by atoms with Gasteiger partial charge in [-0.25, -0.2) is 9.37 Å². The zero-order valence-electron chi connectivity index (χ0n) is 13.8. The van der Waals surface area contributed by atoms with Crippen molar-refractivity contribution < 1.29 is 4.39 Å². The fraction of sp³-hybridized carbons (Fsp3) is 0.200. The molecule has 4 nitrogen and oxygen atoms in total. The smallest absolute Gasteiger partial charge is 0.277 e. The monoisotopic (exact) mass is 411 g/mol. The highest BCUT2D eigenvalue weighted by Gasteiger charge is 2.29. The van der Waals surface area contributed by atoms with E-state index in [1.807, 2.05) is 39.5 Å². The number of rotatable bonds is 3.